The van der Waals surface area contributed by atoms with Crippen LogP contribution in [0, 0.1) is 5.92 Å². The van der Waals surface area contributed by atoms with Gasteiger partial charge < -0.3 is 16.4 Å². The zero-order chi connectivity index (χ0) is 11.7. The first-order valence-electron chi connectivity index (χ1n) is 5.40. The third-order valence-corrected chi connectivity index (χ3v) is 3.92. The molecule has 1 heterocycles. The zero-order valence-corrected chi connectivity index (χ0v) is 10.2. The summed E-state index contributed by atoms with van der Waals surface area (Å²) in [4.78, 5) is 16.4. The van der Waals surface area contributed by atoms with E-state index in [4.69, 9.17) is 5.73 Å². The molecule has 1 aliphatic carbocycles. The molecule has 1 amide bonds. The molecule has 0 spiro atoms. The third-order valence-electron chi connectivity index (χ3n) is 2.84. The fraction of sp³-hybridized carbons (Fsp3) is 0.600. The second kappa shape index (κ2) is 4.29. The quantitative estimate of drug-likeness (QED) is 0.741. The van der Waals surface area contributed by atoms with Gasteiger partial charge in [-0.2, -0.15) is 0 Å². The number of amides is 1. The van der Waals surface area contributed by atoms with Gasteiger partial charge in [0.2, 0.25) is 0 Å². The summed E-state index contributed by atoms with van der Waals surface area (Å²) < 4.78 is 0. The number of nitrogens with zero attached hydrogens (tertiary/aromatic N) is 1. The number of aromatic nitrogens is 1. The lowest BCUT2D eigenvalue weighted by Gasteiger charge is -2.01. The van der Waals surface area contributed by atoms with Crippen LogP contribution in [0.1, 0.15) is 29.4 Å². The van der Waals surface area contributed by atoms with Crippen LogP contribution in [0.25, 0.3) is 0 Å². The molecule has 0 saturated heterocycles. The molecule has 0 aromatic carbocycles. The number of nitrogen functional groups attached to an aromatic ring is 1. The summed E-state index contributed by atoms with van der Waals surface area (Å²) in [6, 6.07) is 0.331. The van der Waals surface area contributed by atoms with Crippen molar-refractivity contribution >= 4 is 28.2 Å². The van der Waals surface area contributed by atoms with Crippen LogP contribution in [0.15, 0.2) is 0 Å². The lowest BCUT2D eigenvalue weighted by molar-refractivity contribution is 0.0953. The Morgan fingerprint density at radius 3 is 2.94 bits per heavy atom. The predicted molar refractivity (Wildman–Crippen MR) is 65.7 cm³/mol. The maximum Gasteiger partial charge on any atom is 0.265 e. The Balaban J connectivity index is 2.00. The summed E-state index contributed by atoms with van der Waals surface area (Å²) in [7, 11) is 1.76. The molecule has 88 valence electrons. The molecule has 16 heavy (non-hydrogen) atoms. The van der Waals surface area contributed by atoms with Crippen LogP contribution in [0.5, 0.6) is 0 Å². The number of nitrogens with one attached hydrogen (secondary N) is 2. The van der Waals surface area contributed by atoms with Crippen LogP contribution in [-0.2, 0) is 0 Å². The molecule has 2 rings (SSSR count). The van der Waals surface area contributed by atoms with Crippen molar-refractivity contribution in [2.75, 3.05) is 18.1 Å². The molecule has 0 bridgehead atoms. The minimum atomic E-state index is -0.0996. The van der Waals surface area contributed by atoms with Gasteiger partial charge in [-0.15, -0.1) is 0 Å². The van der Waals surface area contributed by atoms with Crippen LogP contribution in [0.3, 0.4) is 0 Å². The molecule has 1 aromatic heterocycles. The Morgan fingerprint density at radius 2 is 2.44 bits per heavy atom. The molecule has 1 saturated carbocycles. The number of nitrogens with two attached hydrogens (primary N) is 1. The molecule has 5 nitrogen and oxygen atoms in total. The molecule has 0 radical (unpaired) electrons. The van der Waals surface area contributed by atoms with Gasteiger partial charge in [0, 0.05) is 13.1 Å². The van der Waals surface area contributed by atoms with Gasteiger partial charge in [-0.05, 0) is 12.3 Å². The van der Waals surface area contributed by atoms with Crippen molar-refractivity contribution in [3.05, 3.63) is 4.88 Å². The van der Waals surface area contributed by atoms with Crippen molar-refractivity contribution < 1.29 is 4.79 Å². The fourth-order valence-electron chi connectivity index (χ4n) is 1.71. The summed E-state index contributed by atoms with van der Waals surface area (Å²) in [6.45, 7) is 2.14. The summed E-state index contributed by atoms with van der Waals surface area (Å²) in [5, 5.41) is 6.52. The maximum absolute atomic E-state index is 11.9. The molecule has 1 aliphatic rings. The number of carbonyl (C=O) groups excluding carboxylic acids is 1. The monoisotopic (exact) mass is 240 g/mol. The average Bonchev–Trinajstić information content (AvgIpc) is 2.90. The lowest BCUT2D eigenvalue weighted by Crippen LogP contribution is -2.26. The third kappa shape index (κ3) is 2.11. The van der Waals surface area contributed by atoms with Crippen molar-refractivity contribution in [2.45, 2.75) is 25.8 Å². The van der Waals surface area contributed by atoms with E-state index >= 15 is 0 Å². The number of thiazole rings is 1. The molecule has 0 aliphatic heterocycles. The Hall–Kier alpha value is -1.30. The van der Waals surface area contributed by atoms with Crippen molar-refractivity contribution in [1.29, 1.82) is 0 Å². The van der Waals surface area contributed by atoms with Gasteiger partial charge in [0.25, 0.3) is 5.91 Å². The highest BCUT2D eigenvalue weighted by atomic mass is 32.1. The number of rotatable bonds is 4. The average molecular weight is 240 g/mol. The number of hydrogen-bond donors (Lipinski definition) is 3. The van der Waals surface area contributed by atoms with Gasteiger partial charge in [-0.3, -0.25) is 4.79 Å². The zero-order valence-electron chi connectivity index (χ0n) is 9.41. The summed E-state index contributed by atoms with van der Waals surface area (Å²) in [5.41, 5.74) is 5.68. The Kier molecular flexibility index (Phi) is 3.00. The second-order valence-corrected chi connectivity index (χ2v) is 4.97. The van der Waals surface area contributed by atoms with E-state index in [1.165, 1.54) is 11.3 Å². The SMILES string of the molecule is CCC1CC1NC(=O)c1sc(NC)nc1N. The van der Waals surface area contributed by atoms with Crippen LogP contribution in [0.2, 0.25) is 0 Å². The van der Waals surface area contributed by atoms with Crippen molar-refractivity contribution in [3.8, 4) is 0 Å². The van der Waals surface area contributed by atoms with E-state index in [2.05, 4.69) is 22.5 Å². The first-order chi connectivity index (χ1) is 7.65. The van der Waals surface area contributed by atoms with Gasteiger partial charge in [-0.1, -0.05) is 24.7 Å². The largest absolute Gasteiger partial charge is 0.382 e. The standard InChI is InChI=1S/C10H16N4OS/c1-3-5-4-6(5)13-9(15)7-8(11)14-10(12-2)16-7/h5-6H,3-4,11H2,1-2H3,(H,12,14)(H,13,15). The Morgan fingerprint density at radius 1 is 1.69 bits per heavy atom. The molecular weight excluding hydrogens is 224 g/mol. The van der Waals surface area contributed by atoms with Crippen molar-refractivity contribution in [3.63, 3.8) is 0 Å². The minimum Gasteiger partial charge on any atom is -0.382 e. The van der Waals surface area contributed by atoms with Gasteiger partial charge in [-0.25, -0.2) is 4.98 Å². The van der Waals surface area contributed by atoms with Crippen LogP contribution >= 0.6 is 11.3 Å². The lowest BCUT2D eigenvalue weighted by atomic mass is 10.3. The van der Waals surface area contributed by atoms with E-state index in [0.717, 1.165) is 12.8 Å². The molecule has 6 heteroatoms. The molecule has 2 atom stereocenters. The molecule has 4 N–H and O–H groups in total. The highest BCUT2D eigenvalue weighted by Crippen LogP contribution is 2.34. The van der Waals surface area contributed by atoms with Gasteiger partial charge >= 0.3 is 0 Å². The normalized spacial score (nSPS) is 22.9. The summed E-state index contributed by atoms with van der Waals surface area (Å²) >= 11 is 1.29. The smallest absolute Gasteiger partial charge is 0.265 e. The maximum atomic E-state index is 11.9. The van der Waals surface area contributed by atoms with E-state index in [-0.39, 0.29) is 5.91 Å². The van der Waals surface area contributed by atoms with Crippen molar-refractivity contribution in [1.82, 2.24) is 10.3 Å². The van der Waals surface area contributed by atoms with Gasteiger partial charge in [0.05, 0.1) is 0 Å². The van der Waals surface area contributed by atoms with Crippen LogP contribution < -0.4 is 16.4 Å². The molecule has 1 fully saturated rings. The Bertz CT molecular complexity index is 404. The van der Waals surface area contributed by atoms with E-state index in [1.807, 2.05) is 0 Å². The number of anilines is 2. The van der Waals surface area contributed by atoms with E-state index in [0.29, 0.717) is 27.8 Å². The minimum absolute atomic E-state index is 0.0996. The first-order valence-corrected chi connectivity index (χ1v) is 6.22. The summed E-state index contributed by atoms with van der Waals surface area (Å²) in [6.07, 6.45) is 2.20. The highest BCUT2D eigenvalue weighted by molar-refractivity contribution is 7.18. The van der Waals surface area contributed by atoms with E-state index < -0.39 is 0 Å². The topological polar surface area (TPSA) is 80.0 Å². The second-order valence-electron chi connectivity index (χ2n) is 3.97. The van der Waals surface area contributed by atoms with E-state index in [1.54, 1.807) is 7.05 Å². The predicted octanol–water partition coefficient (Wildman–Crippen LogP) is 1.30. The van der Waals surface area contributed by atoms with Crippen LogP contribution in [-0.4, -0.2) is 24.0 Å². The fourth-order valence-corrected chi connectivity index (χ4v) is 2.45. The molecule has 1 aromatic rings. The van der Waals surface area contributed by atoms with Crippen molar-refractivity contribution in [2.24, 2.45) is 5.92 Å². The molecular formula is C10H16N4OS. The van der Waals surface area contributed by atoms with E-state index in [9.17, 15) is 4.79 Å². The number of hydrogen-bond acceptors (Lipinski definition) is 5. The highest BCUT2D eigenvalue weighted by Gasteiger charge is 2.37. The Labute approximate surface area is 98.4 Å². The van der Waals surface area contributed by atoms with Crippen LogP contribution in [0.4, 0.5) is 10.9 Å². The molecule has 2 unspecified atom stereocenters. The number of carbonyl (C=O) groups is 1. The van der Waals surface area contributed by atoms with Gasteiger partial charge in [0.15, 0.2) is 5.13 Å². The van der Waals surface area contributed by atoms with Gasteiger partial charge in [0.1, 0.15) is 10.7 Å². The summed E-state index contributed by atoms with van der Waals surface area (Å²) in [5.74, 6) is 0.847. The first kappa shape index (κ1) is 11.2.